The lowest BCUT2D eigenvalue weighted by Crippen LogP contribution is -2.45. The third-order valence-corrected chi connectivity index (χ3v) is 4.63. The molecule has 1 aromatic rings. The van der Waals surface area contributed by atoms with Crippen LogP contribution in [0.2, 0.25) is 0 Å². The summed E-state index contributed by atoms with van der Waals surface area (Å²) in [5, 5.41) is 16.5. The monoisotopic (exact) mass is 332 g/mol. The van der Waals surface area contributed by atoms with Crippen LogP contribution in [-0.4, -0.2) is 43.9 Å². The van der Waals surface area contributed by atoms with Gasteiger partial charge in [-0.3, -0.25) is 0 Å². The maximum Gasteiger partial charge on any atom is 0.191 e. The van der Waals surface area contributed by atoms with Crippen molar-refractivity contribution in [1.29, 1.82) is 0 Å². The Balaban J connectivity index is 2.00. The van der Waals surface area contributed by atoms with Crippen LogP contribution in [0.1, 0.15) is 43.7 Å². The Morgan fingerprint density at radius 2 is 1.96 bits per heavy atom. The van der Waals surface area contributed by atoms with Gasteiger partial charge in [0.25, 0.3) is 0 Å². The first-order valence-corrected chi connectivity index (χ1v) is 8.99. The van der Waals surface area contributed by atoms with Gasteiger partial charge < -0.3 is 20.6 Å². The minimum absolute atomic E-state index is 0.125. The summed E-state index contributed by atoms with van der Waals surface area (Å²) in [7, 11) is 4.11. The van der Waals surface area contributed by atoms with Crippen LogP contribution in [0.4, 0.5) is 5.69 Å². The zero-order valence-electron chi connectivity index (χ0n) is 15.5. The van der Waals surface area contributed by atoms with Crippen LogP contribution in [0.25, 0.3) is 0 Å². The Morgan fingerprint density at radius 3 is 2.54 bits per heavy atom. The first-order chi connectivity index (χ1) is 11.5. The number of rotatable bonds is 5. The number of hydrogen-bond acceptors (Lipinski definition) is 3. The van der Waals surface area contributed by atoms with E-state index < -0.39 is 0 Å². The molecule has 1 aromatic carbocycles. The van der Waals surface area contributed by atoms with Gasteiger partial charge in [0.05, 0.1) is 12.6 Å². The highest BCUT2D eigenvalue weighted by atomic mass is 16.3. The molecular weight excluding hydrogens is 300 g/mol. The molecule has 1 aliphatic carbocycles. The third-order valence-electron chi connectivity index (χ3n) is 4.63. The number of aryl methyl sites for hydroxylation is 1. The standard InChI is InChI=1S/C19H32N4O/c1-5-20-19(22-16-7-10-18(24)11-8-16)21-13-15-6-9-17(23(3)4)12-14(15)2/h6,9,12,16,18,24H,5,7-8,10-11,13H2,1-4H3,(H2,20,21,22). The van der Waals surface area contributed by atoms with Gasteiger partial charge in [-0.1, -0.05) is 6.07 Å². The number of aliphatic imine (C=N–C) groups is 1. The molecule has 5 nitrogen and oxygen atoms in total. The van der Waals surface area contributed by atoms with Crippen molar-refractivity contribution in [2.75, 3.05) is 25.5 Å². The lowest BCUT2D eigenvalue weighted by atomic mass is 9.93. The lowest BCUT2D eigenvalue weighted by Gasteiger charge is -2.27. The molecule has 24 heavy (non-hydrogen) atoms. The number of nitrogens with one attached hydrogen (secondary N) is 2. The Kier molecular flexibility index (Phi) is 6.91. The van der Waals surface area contributed by atoms with Crippen molar-refractivity contribution in [2.45, 2.75) is 58.2 Å². The van der Waals surface area contributed by atoms with E-state index in [1.54, 1.807) is 0 Å². The summed E-state index contributed by atoms with van der Waals surface area (Å²) in [5.74, 6) is 0.870. The van der Waals surface area contributed by atoms with Crippen molar-refractivity contribution >= 4 is 11.6 Å². The van der Waals surface area contributed by atoms with Gasteiger partial charge in [0.1, 0.15) is 0 Å². The van der Waals surface area contributed by atoms with Crippen LogP contribution >= 0.6 is 0 Å². The highest BCUT2D eigenvalue weighted by Gasteiger charge is 2.19. The fourth-order valence-corrected chi connectivity index (χ4v) is 3.03. The Morgan fingerprint density at radius 1 is 1.25 bits per heavy atom. The molecule has 0 saturated heterocycles. The molecule has 1 saturated carbocycles. The van der Waals surface area contributed by atoms with E-state index >= 15 is 0 Å². The van der Waals surface area contributed by atoms with Crippen LogP contribution in [-0.2, 0) is 6.54 Å². The van der Waals surface area contributed by atoms with Crippen LogP contribution in [0.3, 0.4) is 0 Å². The minimum atomic E-state index is -0.125. The van der Waals surface area contributed by atoms with Crippen LogP contribution < -0.4 is 15.5 Å². The smallest absolute Gasteiger partial charge is 0.191 e. The van der Waals surface area contributed by atoms with E-state index in [2.05, 4.69) is 61.7 Å². The highest BCUT2D eigenvalue weighted by Crippen LogP contribution is 2.19. The van der Waals surface area contributed by atoms with E-state index in [9.17, 15) is 5.11 Å². The molecule has 0 amide bonds. The normalized spacial score (nSPS) is 21.5. The van der Waals surface area contributed by atoms with Crippen molar-refractivity contribution in [3.05, 3.63) is 29.3 Å². The van der Waals surface area contributed by atoms with Gasteiger partial charge in [-0.25, -0.2) is 4.99 Å². The molecule has 0 bridgehead atoms. The molecule has 0 aliphatic heterocycles. The van der Waals surface area contributed by atoms with Crippen molar-refractivity contribution < 1.29 is 5.11 Å². The van der Waals surface area contributed by atoms with Crippen LogP contribution in [0, 0.1) is 6.92 Å². The minimum Gasteiger partial charge on any atom is -0.393 e. The molecule has 1 fully saturated rings. The second kappa shape index (κ2) is 8.92. The first kappa shape index (κ1) is 18.6. The van der Waals surface area contributed by atoms with Crippen LogP contribution in [0.15, 0.2) is 23.2 Å². The van der Waals surface area contributed by atoms with E-state index in [1.807, 2.05) is 0 Å². The fraction of sp³-hybridized carbons (Fsp3) is 0.632. The Labute approximate surface area is 146 Å². The summed E-state index contributed by atoms with van der Waals surface area (Å²) in [6.45, 7) is 5.74. The molecule has 0 aromatic heterocycles. The second-order valence-corrected chi connectivity index (χ2v) is 6.85. The summed E-state index contributed by atoms with van der Waals surface area (Å²) in [4.78, 5) is 6.86. The van der Waals surface area contributed by atoms with Gasteiger partial charge in [-0.15, -0.1) is 0 Å². The molecule has 0 heterocycles. The predicted molar refractivity (Wildman–Crippen MR) is 102 cm³/mol. The molecule has 1 aliphatic rings. The van der Waals surface area contributed by atoms with Crippen molar-refractivity contribution in [1.82, 2.24) is 10.6 Å². The van der Waals surface area contributed by atoms with Gasteiger partial charge in [0.2, 0.25) is 0 Å². The quantitative estimate of drug-likeness (QED) is 0.572. The molecule has 5 heteroatoms. The Hall–Kier alpha value is -1.75. The molecule has 3 N–H and O–H groups in total. The van der Waals surface area contributed by atoms with E-state index in [-0.39, 0.29) is 6.10 Å². The van der Waals surface area contributed by atoms with Crippen LogP contribution in [0.5, 0.6) is 0 Å². The van der Waals surface area contributed by atoms with Gasteiger partial charge >= 0.3 is 0 Å². The molecule has 0 radical (unpaired) electrons. The highest BCUT2D eigenvalue weighted by molar-refractivity contribution is 5.80. The van der Waals surface area contributed by atoms with Gasteiger partial charge in [-0.05, 0) is 62.8 Å². The van der Waals surface area contributed by atoms with Crippen molar-refractivity contribution in [3.8, 4) is 0 Å². The number of aliphatic hydroxyl groups is 1. The van der Waals surface area contributed by atoms with Gasteiger partial charge in [0.15, 0.2) is 5.96 Å². The van der Waals surface area contributed by atoms with Gasteiger partial charge in [0, 0.05) is 32.4 Å². The van der Waals surface area contributed by atoms with E-state index in [0.717, 1.165) is 38.2 Å². The predicted octanol–water partition coefficient (Wildman–Crippen LogP) is 2.42. The Bertz CT molecular complexity index is 548. The maximum atomic E-state index is 9.63. The number of anilines is 1. The average molecular weight is 332 g/mol. The topological polar surface area (TPSA) is 59.9 Å². The average Bonchev–Trinajstić information content (AvgIpc) is 2.55. The molecular formula is C19H32N4O. The van der Waals surface area contributed by atoms with E-state index in [0.29, 0.717) is 12.6 Å². The van der Waals surface area contributed by atoms with E-state index in [1.165, 1.54) is 16.8 Å². The first-order valence-electron chi connectivity index (χ1n) is 8.99. The number of guanidine groups is 1. The molecule has 0 spiro atoms. The summed E-state index contributed by atoms with van der Waals surface area (Å²) >= 11 is 0. The zero-order valence-corrected chi connectivity index (χ0v) is 15.5. The number of nitrogens with zero attached hydrogens (tertiary/aromatic N) is 2. The maximum absolute atomic E-state index is 9.63. The summed E-state index contributed by atoms with van der Waals surface area (Å²) in [6.07, 6.45) is 3.63. The summed E-state index contributed by atoms with van der Waals surface area (Å²) < 4.78 is 0. The number of benzene rings is 1. The van der Waals surface area contributed by atoms with Crippen molar-refractivity contribution in [3.63, 3.8) is 0 Å². The molecule has 0 unspecified atom stereocenters. The summed E-state index contributed by atoms with van der Waals surface area (Å²) in [5.41, 5.74) is 3.73. The second-order valence-electron chi connectivity index (χ2n) is 6.85. The SMILES string of the molecule is CCNC(=NCc1ccc(N(C)C)cc1C)NC1CCC(O)CC1. The van der Waals surface area contributed by atoms with E-state index in [4.69, 9.17) is 4.99 Å². The number of hydrogen-bond donors (Lipinski definition) is 3. The zero-order chi connectivity index (χ0) is 17.5. The molecule has 0 atom stereocenters. The number of aliphatic hydroxyl groups excluding tert-OH is 1. The molecule has 2 rings (SSSR count). The fourth-order valence-electron chi connectivity index (χ4n) is 3.03. The van der Waals surface area contributed by atoms with Gasteiger partial charge in [-0.2, -0.15) is 0 Å². The van der Waals surface area contributed by atoms with Crippen molar-refractivity contribution in [2.24, 2.45) is 4.99 Å². The lowest BCUT2D eigenvalue weighted by molar-refractivity contribution is 0.120. The largest absolute Gasteiger partial charge is 0.393 e. The third kappa shape index (κ3) is 5.41. The summed E-state index contributed by atoms with van der Waals surface area (Å²) in [6, 6.07) is 6.91. The molecule has 134 valence electrons.